The van der Waals surface area contributed by atoms with E-state index in [0.717, 1.165) is 12.1 Å². The molecule has 1 aliphatic heterocycles. The summed E-state index contributed by atoms with van der Waals surface area (Å²) in [4.78, 5) is 4.10. The van der Waals surface area contributed by atoms with Crippen LogP contribution in [0.15, 0.2) is 24.3 Å². The highest BCUT2D eigenvalue weighted by Crippen LogP contribution is 2.40. The van der Waals surface area contributed by atoms with Crippen molar-refractivity contribution in [3.63, 3.8) is 0 Å². The fourth-order valence-corrected chi connectivity index (χ4v) is 3.30. The lowest BCUT2D eigenvalue weighted by Gasteiger charge is -2.32. The van der Waals surface area contributed by atoms with Crippen molar-refractivity contribution in [1.29, 1.82) is 5.26 Å². The van der Waals surface area contributed by atoms with Crippen LogP contribution < -0.4 is 8.92 Å². The number of halogens is 4. The Bertz CT molecular complexity index is 1120. The molecule has 2 heterocycles. The van der Waals surface area contributed by atoms with Gasteiger partial charge in [0.2, 0.25) is 5.88 Å². The number of rotatable bonds is 3. The molecular weight excluding hydrogens is 416 g/mol. The molecule has 0 N–H and O–H groups in total. The Balaban J connectivity index is 2.06. The van der Waals surface area contributed by atoms with Crippen LogP contribution >= 0.6 is 0 Å². The number of ether oxygens (including phenoxy) is 1. The fraction of sp³-hybridized carbons (Fsp3) is 0.333. The number of nitriles is 1. The first-order valence-electron chi connectivity index (χ1n) is 8.27. The summed E-state index contributed by atoms with van der Waals surface area (Å²) in [5.74, 6) is -1.68. The van der Waals surface area contributed by atoms with Gasteiger partial charge in [0, 0.05) is 17.2 Å². The molecule has 0 saturated heterocycles. The number of pyridine rings is 1. The molecule has 3 rings (SSSR count). The number of benzene rings is 1. The van der Waals surface area contributed by atoms with E-state index < -0.39 is 32.8 Å². The zero-order chi connectivity index (χ0) is 21.6. The first kappa shape index (κ1) is 20.9. The summed E-state index contributed by atoms with van der Waals surface area (Å²) in [6, 6.07) is 5.70. The first-order valence-corrected chi connectivity index (χ1v) is 9.67. The maximum absolute atomic E-state index is 14.7. The highest BCUT2D eigenvalue weighted by Gasteiger charge is 2.48. The van der Waals surface area contributed by atoms with Crippen LogP contribution in [0.1, 0.15) is 31.5 Å². The molecule has 0 amide bonds. The van der Waals surface area contributed by atoms with Gasteiger partial charge in [0.1, 0.15) is 28.9 Å². The normalized spacial score (nSPS) is 15.8. The van der Waals surface area contributed by atoms with Gasteiger partial charge in [-0.2, -0.15) is 26.9 Å². The largest absolute Gasteiger partial charge is 0.534 e. The van der Waals surface area contributed by atoms with Gasteiger partial charge in [-0.25, -0.2) is 9.37 Å². The van der Waals surface area contributed by atoms with Gasteiger partial charge in [0.25, 0.3) is 0 Å². The summed E-state index contributed by atoms with van der Waals surface area (Å²) in [5, 5.41) is 9.20. The number of hydrogen-bond acceptors (Lipinski definition) is 6. The van der Waals surface area contributed by atoms with E-state index in [1.165, 1.54) is 6.07 Å². The smallest absolute Gasteiger partial charge is 0.471 e. The monoisotopic (exact) mass is 430 g/mol. The standard InChI is InChI=1S/C18H14F4N2O4S/c1-17(2)6-5-13-14(7-10(9-23)24-16(13)27-17)12-4-3-11(8-15(12)19)28-29(25,26)18(20,21)22/h3-4,7-8H,5-6H2,1-2H3. The van der Waals surface area contributed by atoms with Crippen LogP contribution in [0.4, 0.5) is 17.6 Å². The Labute approximate surface area is 163 Å². The minimum absolute atomic E-state index is 0.0316. The predicted octanol–water partition coefficient (Wildman–Crippen LogP) is 4.09. The first-order chi connectivity index (χ1) is 13.3. The van der Waals surface area contributed by atoms with Crippen molar-refractivity contribution in [3.8, 4) is 28.8 Å². The third kappa shape index (κ3) is 4.12. The molecule has 0 saturated carbocycles. The van der Waals surface area contributed by atoms with Crippen LogP contribution in [0.5, 0.6) is 11.6 Å². The van der Waals surface area contributed by atoms with Crippen LogP contribution in [-0.4, -0.2) is 24.5 Å². The Morgan fingerprint density at radius 3 is 2.52 bits per heavy atom. The average Bonchev–Trinajstić information content (AvgIpc) is 2.58. The van der Waals surface area contributed by atoms with E-state index in [9.17, 15) is 31.2 Å². The molecule has 0 aliphatic carbocycles. The molecule has 1 aromatic heterocycles. The molecular formula is C18H14F4N2O4S. The molecule has 2 aromatic rings. The van der Waals surface area contributed by atoms with Gasteiger partial charge in [0.15, 0.2) is 0 Å². The van der Waals surface area contributed by atoms with Gasteiger partial charge in [-0.15, -0.1) is 0 Å². The molecule has 11 heteroatoms. The molecule has 0 bridgehead atoms. The predicted molar refractivity (Wildman–Crippen MR) is 93.0 cm³/mol. The molecule has 1 aromatic carbocycles. The Kier molecular flexibility index (Phi) is 4.94. The molecule has 154 valence electrons. The molecule has 0 unspecified atom stereocenters. The molecule has 6 nitrogen and oxygen atoms in total. The Hall–Kier alpha value is -2.87. The Morgan fingerprint density at radius 1 is 1.24 bits per heavy atom. The molecule has 0 radical (unpaired) electrons. The topological polar surface area (TPSA) is 89.3 Å². The molecule has 0 atom stereocenters. The number of nitrogens with zero attached hydrogens (tertiary/aromatic N) is 2. The zero-order valence-electron chi connectivity index (χ0n) is 15.2. The van der Waals surface area contributed by atoms with Crippen LogP contribution in [0.25, 0.3) is 11.1 Å². The van der Waals surface area contributed by atoms with Crippen molar-refractivity contribution in [2.45, 2.75) is 37.8 Å². The van der Waals surface area contributed by atoms with Crippen LogP contribution in [0, 0.1) is 17.1 Å². The number of fused-ring (bicyclic) bond motifs is 1. The van der Waals surface area contributed by atoms with E-state index in [1.807, 2.05) is 19.9 Å². The number of alkyl halides is 3. The van der Waals surface area contributed by atoms with Crippen LogP contribution in [0.2, 0.25) is 0 Å². The van der Waals surface area contributed by atoms with E-state index in [1.54, 1.807) is 0 Å². The van der Waals surface area contributed by atoms with E-state index in [0.29, 0.717) is 24.5 Å². The fourth-order valence-electron chi connectivity index (χ4n) is 2.85. The van der Waals surface area contributed by atoms with E-state index in [2.05, 4.69) is 9.17 Å². The second-order valence-corrected chi connectivity index (χ2v) is 8.47. The molecule has 0 spiro atoms. The van der Waals surface area contributed by atoms with Crippen LogP contribution in [-0.2, 0) is 16.5 Å². The summed E-state index contributed by atoms with van der Waals surface area (Å²) >= 11 is 0. The Morgan fingerprint density at radius 2 is 1.93 bits per heavy atom. The minimum Gasteiger partial charge on any atom is -0.471 e. The van der Waals surface area contributed by atoms with Crippen molar-refractivity contribution in [3.05, 3.63) is 41.3 Å². The molecule has 29 heavy (non-hydrogen) atoms. The maximum Gasteiger partial charge on any atom is 0.534 e. The molecule has 1 aliphatic rings. The quantitative estimate of drug-likeness (QED) is 0.414. The average molecular weight is 430 g/mol. The highest BCUT2D eigenvalue weighted by molar-refractivity contribution is 7.88. The van der Waals surface area contributed by atoms with Gasteiger partial charge < -0.3 is 8.92 Å². The second kappa shape index (κ2) is 6.88. The summed E-state index contributed by atoms with van der Waals surface area (Å²) in [5.41, 5.74) is -5.44. The maximum atomic E-state index is 14.7. The zero-order valence-corrected chi connectivity index (χ0v) is 16.0. The van der Waals surface area contributed by atoms with Gasteiger partial charge >= 0.3 is 15.6 Å². The van der Waals surface area contributed by atoms with E-state index in [4.69, 9.17) is 4.74 Å². The summed E-state index contributed by atoms with van der Waals surface area (Å²) in [6.07, 6.45) is 1.06. The van der Waals surface area contributed by atoms with Crippen LogP contribution in [0.3, 0.4) is 0 Å². The lowest BCUT2D eigenvalue weighted by molar-refractivity contribution is -0.0500. The van der Waals surface area contributed by atoms with Crippen molar-refractivity contribution in [2.24, 2.45) is 0 Å². The van der Waals surface area contributed by atoms with Gasteiger partial charge in [-0.3, -0.25) is 0 Å². The third-order valence-corrected chi connectivity index (χ3v) is 5.25. The van der Waals surface area contributed by atoms with Crippen molar-refractivity contribution < 1.29 is 34.9 Å². The van der Waals surface area contributed by atoms with Gasteiger partial charge in [-0.05, 0) is 50.5 Å². The lowest BCUT2D eigenvalue weighted by atomic mass is 9.90. The lowest BCUT2D eigenvalue weighted by Crippen LogP contribution is -2.33. The number of aromatic nitrogens is 1. The SMILES string of the molecule is CC1(C)CCc2c(-c3ccc(OS(=O)(=O)C(F)(F)F)cc3F)cc(C#N)nc2O1. The number of hydrogen-bond donors (Lipinski definition) is 0. The summed E-state index contributed by atoms with van der Waals surface area (Å²) < 4.78 is 83.9. The van der Waals surface area contributed by atoms with E-state index in [-0.39, 0.29) is 22.7 Å². The summed E-state index contributed by atoms with van der Waals surface area (Å²) in [7, 11) is -5.92. The minimum atomic E-state index is -5.92. The van der Waals surface area contributed by atoms with Crippen molar-refractivity contribution in [2.75, 3.05) is 0 Å². The summed E-state index contributed by atoms with van der Waals surface area (Å²) in [6.45, 7) is 3.67. The van der Waals surface area contributed by atoms with E-state index >= 15 is 0 Å². The third-order valence-electron chi connectivity index (χ3n) is 4.27. The highest BCUT2D eigenvalue weighted by atomic mass is 32.2. The van der Waals surface area contributed by atoms with Gasteiger partial charge in [0.05, 0.1) is 0 Å². The second-order valence-electron chi connectivity index (χ2n) is 6.94. The van der Waals surface area contributed by atoms with Crippen molar-refractivity contribution >= 4 is 10.1 Å². The van der Waals surface area contributed by atoms with Gasteiger partial charge in [-0.1, -0.05) is 0 Å². The molecule has 0 fully saturated rings. The van der Waals surface area contributed by atoms with Crippen molar-refractivity contribution in [1.82, 2.24) is 4.98 Å².